The van der Waals surface area contributed by atoms with Crippen LogP contribution in [0.5, 0.6) is 0 Å². The van der Waals surface area contributed by atoms with Crippen molar-refractivity contribution < 1.29 is 23.4 Å². The number of hydrogen-bond donors (Lipinski definition) is 3. The van der Waals surface area contributed by atoms with Crippen molar-refractivity contribution in [3.63, 3.8) is 0 Å². The molecule has 1 aromatic rings. The first-order valence-corrected chi connectivity index (χ1v) is 9.09. The minimum Gasteiger partial charge on any atom is -0.477 e. The number of aliphatic hydroxyl groups excluding tert-OH is 1. The fourth-order valence-corrected chi connectivity index (χ4v) is 4.86. The summed E-state index contributed by atoms with van der Waals surface area (Å²) in [7, 11) is -3.95. The van der Waals surface area contributed by atoms with Gasteiger partial charge >= 0.3 is 5.97 Å². The van der Waals surface area contributed by atoms with Crippen molar-refractivity contribution >= 4 is 27.3 Å². The number of carbonyl (C=O) groups is 1. The lowest BCUT2D eigenvalue weighted by Gasteiger charge is -2.20. The van der Waals surface area contributed by atoms with E-state index >= 15 is 0 Å². The van der Waals surface area contributed by atoms with Crippen molar-refractivity contribution in [1.29, 1.82) is 0 Å². The highest BCUT2D eigenvalue weighted by molar-refractivity contribution is 7.89. The van der Waals surface area contributed by atoms with E-state index in [4.69, 9.17) is 5.11 Å². The second-order valence-corrected chi connectivity index (χ2v) is 7.46. The highest BCUT2D eigenvalue weighted by atomic mass is 32.2. The topological polar surface area (TPSA) is 104 Å². The largest absolute Gasteiger partial charge is 0.477 e. The van der Waals surface area contributed by atoms with Crippen molar-refractivity contribution in [1.82, 2.24) is 4.72 Å². The number of hydrogen-bond acceptors (Lipinski definition) is 5. The van der Waals surface area contributed by atoms with E-state index in [0.717, 1.165) is 24.2 Å². The van der Waals surface area contributed by atoms with Crippen LogP contribution in [0.3, 0.4) is 0 Å². The molecule has 0 saturated carbocycles. The normalized spacial score (nSPS) is 13.6. The summed E-state index contributed by atoms with van der Waals surface area (Å²) in [5.74, 6) is -1.26. The summed E-state index contributed by atoms with van der Waals surface area (Å²) in [5, 5.41) is 20.5. The zero-order valence-electron chi connectivity index (χ0n) is 12.3. The standard InChI is InChI=1S/C13H21NO5S2/c1-4-9(5-2)10(15)6-14-21(18,19)12-8(3)7-20-11(12)13(16)17/h7,9-10,14-15H,4-6H2,1-3H3,(H,16,17). The van der Waals surface area contributed by atoms with Crippen LogP contribution in [0.2, 0.25) is 0 Å². The number of carboxylic acid groups (broad SMARTS) is 1. The molecule has 0 bridgehead atoms. The van der Waals surface area contributed by atoms with Crippen LogP contribution in [-0.2, 0) is 10.0 Å². The van der Waals surface area contributed by atoms with Crippen LogP contribution in [0.25, 0.3) is 0 Å². The summed E-state index contributed by atoms with van der Waals surface area (Å²) < 4.78 is 26.8. The Morgan fingerprint density at radius 3 is 2.43 bits per heavy atom. The predicted octanol–water partition coefficient (Wildman–Crippen LogP) is 1.83. The maximum atomic E-state index is 12.3. The molecule has 0 radical (unpaired) electrons. The fraction of sp³-hybridized carbons (Fsp3) is 0.615. The van der Waals surface area contributed by atoms with Gasteiger partial charge in [0.2, 0.25) is 10.0 Å². The molecule has 6 nitrogen and oxygen atoms in total. The minimum atomic E-state index is -3.95. The van der Waals surface area contributed by atoms with Gasteiger partial charge in [0.25, 0.3) is 0 Å². The van der Waals surface area contributed by atoms with Gasteiger partial charge in [0.15, 0.2) is 0 Å². The lowest BCUT2D eigenvalue weighted by molar-refractivity contribution is 0.0698. The molecule has 0 fully saturated rings. The van der Waals surface area contributed by atoms with E-state index in [9.17, 15) is 18.3 Å². The van der Waals surface area contributed by atoms with E-state index < -0.39 is 22.1 Å². The van der Waals surface area contributed by atoms with Gasteiger partial charge in [0, 0.05) is 6.54 Å². The molecule has 0 aliphatic rings. The summed E-state index contributed by atoms with van der Waals surface area (Å²) in [6, 6.07) is 0. The molecule has 0 saturated heterocycles. The van der Waals surface area contributed by atoms with Gasteiger partial charge in [-0.05, 0) is 23.8 Å². The maximum absolute atomic E-state index is 12.3. The number of nitrogens with one attached hydrogen (secondary N) is 1. The van der Waals surface area contributed by atoms with Gasteiger partial charge in [0.05, 0.1) is 6.10 Å². The number of aryl methyl sites for hydroxylation is 1. The maximum Gasteiger partial charge on any atom is 0.347 e. The second kappa shape index (κ2) is 7.35. The summed E-state index contributed by atoms with van der Waals surface area (Å²) in [5.41, 5.74) is 0.391. The number of sulfonamides is 1. The van der Waals surface area contributed by atoms with Crippen LogP contribution >= 0.6 is 11.3 Å². The van der Waals surface area contributed by atoms with Gasteiger partial charge < -0.3 is 10.2 Å². The molecule has 0 aliphatic heterocycles. The number of carboxylic acids is 1. The van der Waals surface area contributed by atoms with Gasteiger partial charge in [0.1, 0.15) is 9.77 Å². The number of aliphatic hydroxyl groups is 1. The number of rotatable bonds is 8. The molecule has 0 aliphatic carbocycles. The first kappa shape index (κ1) is 18.1. The van der Waals surface area contributed by atoms with E-state index in [-0.39, 0.29) is 22.2 Å². The summed E-state index contributed by atoms with van der Waals surface area (Å²) in [4.78, 5) is 10.7. The molecule has 0 amide bonds. The Kier molecular flexibility index (Phi) is 6.33. The molecule has 0 aromatic carbocycles. The smallest absolute Gasteiger partial charge is 0.347 e. The van der Waals surface area contributed by atoms with Crippen LogP contribution in [-0.4, -0.2) is 37.2 Å². The van der Waals surface area contributed by atoms with Gasteiger partial charge in [-0.1, -0.05) is 26.7 Å². The fourth-order valence-electron chi connectivity index (χ4n) is 2.18. The van der Waals surface area contributed by atoms with Gasteiger partial charge in [-0.2, -0.15) is 0 Å². The van der Waals surface area contributed by atoms with E-state index in [1.165, 1.54) is 5.38 Å². The van der Waals surface area contributed by atoms with Crippen molar-refractivity contribution in [3.05, 3.63) is 15.8 Å². The van der Waals surface area contributed by atoms with E-state index in [2.05, 4.69) is 4.72 Å². The molecule has 1 unspecified atom stereocenters. The zero-order chi connectivity index (χ0) is 16.2. The van der Waals surface area contributed by atoms with Crippen molar-refractivity contribution in [2.24, 2.45) is 5.92 Å². The molecular formula is C13H21NO5S2. The summed E-state index contributed by atoms with van der Waals surface area (Å²) >= 11 is 0.879. The Hall–Kier alpha value is -0.960. The molecular weight excluding hydrogens is 314 g/mol. The zero-order valence-corrected chi connectivity index (χ0v) is 13.9. The Morgan fingerprint density at radius 2 is 1.95 bits per heavy atom. The van der Waals surface area contributed by atoms with Gasteiger partial charge in [-0.25, -0.2) is 17.9 Å². The molecule has 1 aromatic heterocycles. The number of thiophene rings is 1. The van der Waals surface area contributed by atoms with Crippen LogP contribution in [0.1, 0.15) is 41.9 Å². The third-order valence-electron chi connectivity index (χ3n) is 3.46. The Labute approximate surface area is 128 Å². The van der Waals surface area contributed by atoms with E-state index in [1.807, 2.05) is 13.8 Å². The predicted molar refractivity (Wildman–Crippen MR) is 81.3 cm³/mol. The Morgan fingerprint density at radius 1 is 1.38 bits per heavy atom. The Bertz CT molecular complexity index is 590. The molecule has 1 rings (SSSR count). The molecule has 8 heteroatoms. The SMILES string of the molecule is CCC(CC)C(O)CNS(=O)(=O)c1c(C)csc1C(=O)O. The average Bonchev–Trinajstić information content (AvgIpc) is 2.81. The lowest BCUT2D eigenvalue weighted by Crippen LogP contribution is -2.36. The molecule has 1 heterocycles. The number of aromatic carboxylic acids is 1. The van der Waals surface area contributed by atoms with E-state index in [1.54, 1.807) is 6.92 Å². The molecule has 3 N–H and O–H groups in total. The molecule has 21 heavy (non-hydrogen) atoms. The molecule has 0 spiro atoms. The first-order chi connectivity index (χ1) is 9.74. The average molecular weight is 335 g/mol. The van der Waals surface area contributed by atoms with Crippen molar-refractivity contribution in [2.75, 3.05) is 6.54 Å². The molecule has 1 atom stereocenters. The van der Waals surface area contributed by atoms with Gasteiger partial charge in [-0.15, -0.1) is 11.3 Å². The first-order valence-electron chi connectivity index (χ1n) is 6.73. The summed E-state index contributed by atoms with van der Waals surface area (Å²) in [6.45, 7) is 5.28. The third-order valence-corrected chi connectivity index (χ3v) is 6.28. The quantitative estimate of drug-likeness (QED) is 0.672. The van der Waals surface area contributed by atoms with Crippen LogP contribution in [0, 0.1) is 12.8 Å². The van der Waals surface area contributed by atoms with Crippen LogP contribution in [0.4, 0.5) is 0 Å². The van der Waals surface area contributed by atoms with Gasteiger partial charge in [-0.3, -0.25) is 0 Å². The lowest BCUT2D eigenvalue weighted by atomic mass is 9.97. The minimum absolute atomic E-state index is 0.00946. The Balaban J connectivity index is 2.93. The summed E-state index contributed by atoms with van der Waals surface area (Å²) in [6.07, 6.45) is 0.705. The van der Waals surface area contributed by atoms with Crippen molar-refractivity contribution in [3.8, 4) is 0 Å². The van der Waals surface area contributed by atoms with E-state index in [0.29, 0.717) is 5.56 Å². The highest BCUT2D eigenvalue weighted by Gasteiger charge is 2.28. The second-order valence-electron chi connectivity index (χ2n) is 4.88. The van der Waals surface area contributed by atoms with Crippen molar-refractivity contribution in [2.45, 2.75) is 44.6 Å². The third kappa shape index (κ3) is 4.26. The molecule has 120 valence electrons. The highest BCUT2D eigenvalue weighted by Crippen LogP contribution is 2.26. The van der Waals surface area contributed by atoms with Crippen LogP contribution in [0.15, 0.2) is 10.3 Å². The monoisotopic (exact) mass is 335 g/mol. The van der Waals surface area contributed by atoms with Crippen LogP contribution < -0.4 is 4.72 Å².